The molecule has 1 aromatic carbocycles. The number of ether oxygens (including phenoxy) is 1. The zero-order valence-corrected chi connectivity index (χ0v) is 18.1. The number of carbonyl (C=O) groups is 1. The van der Waals surface area contributed by atoms with E-state index in [2.05, 4.69) is 32.7 Å². The van der Waals surface area contributed by atoms with Crippen molar-refractivity contribution in [2.24, 2.45) is 11.0 Å². The zero-order valence-electron chi connectivity index (χ0n) is 18.1. The van der Waals surface area contributed by atoms with Gasteiger partial charge in [0.2, 0.25) is 0 Å². The van der Waals surface area contributed by atoms with Gasteiger partial charge in [0.15, 0.2) is 5.84 Å². The quantitative estimate of drug-likeness (QED) is 0.634. The van der Waals surface area contributed by atoms with E-state index in [0.29, 0.717) is 23.9 Å². The van der Waals surface area contributed by atoms with Gasteiger partial charge in [-0.1, -0.05) is 45.4 Å². The predicted molar refractivity (Wildman–Crippen MR) is 115 cm³/mol. The third-order valence-corrected chi connectivity index (χ3v) is 5.11. The van der Waals surface area contributed by atoms with Crippen LogP contribution in [0.4, 0.5) is 0 Å². The minimum atomic E-state index is -0.149. The lowest BCUT2D eigenvalue weighted by Crippen LogP contribution is -2.44. The maximum atomic E-state index is 13.1. The van der Waals surface area contributed by atoms with E-state index in [4.69, 9.17) is 9.84 Å². The fraction of sp³-hybridized carbons (Fsp3) is 0.478. The minimum Gasteiger partial charge on any atom is -0.493 e. The molecule has 0 aliphatic carbocycles. The van der Waals surface area contributed by atoms with E-state index in [1.54, 1.807) is 5.01 Å². The first-order valence-electron chi connectivity index (χ1n) is 10.2. The predicted octanol–water partition coefficient (Wildman–Crippen LogP) is 5.12. The van der Waals surface area contributed by atoms with Gasteiger partial charge in [0.1, 0.15) is 11.4 Å². The number of hydrogen-bond acceptors (Lipinski definition) is 4. The molecule has 28 heavy (non-hydrogen) atoms. The Hall–Kier alpha value is -2.56. The Morgan fingerprint density at radius 2 is 2.04 bits per heavy atom. The number of carbonyl (C=O) groups excluding carboxylic acids is 1. The molecule has 0 radical (unpaired) electrons. The fourth-order valence-corrected chi connectivity index (χ4v) is 3.18. The number of aryl methyl sites for hydroxylation is 1. The summed E-state index contributed by atoms with van der Waals surface area (Å²) in [5, 5.41) is 9.52. The number of allylic oxidation sites excluding steroid dienone is 2. The van der Waals surface area contributed by atoms with Crippen LogP contribution in [0.15, 0.2) is 46.8 Å². The monoisotopic (exact) mass is 383 g/mol. The maximum absolute atomic E-state index is 13.1. The lowest BCUT2D eigenvalue weighted by atomic mass is 9.96. The molecule has 1 heterocycles. The summed E-state index contributed by atoms with van der Waals surface area (Å²) < 4.78 is 5.77. The molecule has 0 saturated heterocycles. The number of hydrogen-bond donors (Lipinski definition) is 1. The van der Waals surface area contributed by atoms with E-state index < -0.39 is 0 Å². The van der Waals surface area contributed by atoms with Crippen LogP contribution in [0.1, 0.15) is 65.0 Å². The number of rotatable bonds is 8. The standard InChI is InChI=1S/C23H33N3O2/c1-8-11-17(6)26-21(18(7)16(5)9-2)23(27)24-22(25-26)19-14-15(4)12-13-20(19)28-10-3/h12-14,16H,6,8-11H2,1-5,7H3,(H,24,25,27)/b21-18-. The Labute approximate surface area is 169 Å². The summed E-state index contributed by atoms with van der Waals surface area (Å²) >= 11 is 0. The second kappa shape index (κ2) is 9.58. The van der Waals surface area contributed by atoms with Crippen molar-refractivity contribution in [2.75, 3.05) is 6.61 Å². The Bertz CT molecular complexity index is 808. The molecule has 1 aliphatic rings. The number of hydrazone groups is 1. The minimum absolute atomic E-state index is 0.149. The number of benzene rings is 1. The summed E-state index contributed by atoms with van der Waals surface area (Å²) in [5.41, 5.74) is 4.28. The molecule has 1 unspecified atom stereocenters. The van der Waals surface area contributed by atoms with Gasteiger partial charge in [0.05, 0.1) is 12.2 Å². The molecule has 0 spiro atoms. The van der Waals surface area contributed by atoms with Gasteiger partial charge >= 0.3 is 0 Å². The molecule has 5 nitrogen and oxygen atoms in total. The first-order valence-corrected chi connectivity index (χ1v) is 10.2. The first kappa shape index (κ1) is 21.7. The summed E-state index contributed by atoms with van der Waals surface area (Å²) in [4.78, 5) is 13.1. The molecule has 0 fully saturated rings. The highest BCUT2D eigenvalue weighted by Crippen LogP contribution is 2.29. The highest BCUT2D eigenvalue weighted by Gasteiger charge is 2.31. The largest absolute Gasteiger partial charge is 0.493 e. The van der Waals surface area contributed by atoms with Crippen molar-refractivity contribution in [1.82, 2.24) is 10.3 Å². The molecule has 1 atom stereocenters. The molecular formula is C23H33N3O2. The Morgan fingerprint density at radius 1 is 1.32 bits per heavy atom. The molecule has 1 aliphatic heterocycles. The molecule has 0 saturated carbocycles. The topological polar surface area (TPSA) is 53.9 Å². The summed E-state index contributed by atoms with van der Waals surface area (Å²) in [7, 11) is 0. The van der Waals surface area contributed by atoms with E-state index in [9.17, 15) is 4.79 Å². The van der Waals surface area contributed by atoms with Crippen LogP contribution in [0.25, 0.3) is 0 Å². The second-order valence-corrected chi connectivity index (χ2v) is 7.30. The van der Waals surface area contributed by atoms with Gasteiger partial charge in [-0.15, -0.1) is 5.10 Å². The Kier molecular flexibility index (Phi) is 7.44. The number of nitrogens with one attached hydrogen (secondary N) is 1. The first-order chi connectivity index (χ1) is 13.3. The van der Waals surface area contributed by atoms with Crippen molar-refractivity contribution in [1.29, 1.82) is 0 Å². The van der Waals surface area contributed by atoms with Crippen molar-refractivity contribution in [3.05, 3.63) is 52.9 Å². The van der Waals surface area contributed by atoms with E-state index in [0.717, 1.165) is 41.7 Å². The average molecular weight is 384 g/mol. The molecule has 1 amide bonds. The summed E-state index contributed by atoms with van der Waals surface area (Å²) in [5.74, 6) is 1.34. The van der Waals surface area contributed by atoms with Crippen LogP contribution < -0.4 is 10.1 Å². The van der Waals surface area contributed by atoms with E-state index in [1.807, 2.05) is 39.0 Å². The molecule has 5 heteroatoms. The van der Waals surface area contributed by atoms with Crippen molar-refractivity contribution < 1.29 is 9.53 Å². The van der Waals surface area contributed by atoms with Gasteiger partial charge in [0.25, 0.3) is 5.91 Å². The summed E-state index contributed by atoms with van der Waals surface area (Å²) in [6.45, 7) is 17.0. The van der Waals surface area contributed by atoms with Crippen LogP contribution in [-0.2, 0) is 4.79 Å². The van der Waals surface area contributed by atoms with Gasteiger partial charge < -0.3 is 10.1 Å². The highest BCUT2D eigenvalue weighted by molar-refractivity contribution is 6.15. The highest BCUT2D eigenvalue weighted by atomic mass is 16.5. The van der Waals surface area contributed by atoms with Gasteiger partial charge in [-0.2, -0.15) is 0 Å². The smallest absolute Gasteiger partial charge is 0.275 e. The third-order valence-electron chi connectivity index (χ3n) is 5.11. The number of amides is 1. The second-order valence-electron chi connectivity index (χ2n) is 7.30. The molecule has 152 valence electrons. The maximum Gasteiger partial charge on any atom is 0.275 e. The molecule has 2 rings (SSSR count). The lowest BCUT2D eigenvalue weighted by Gasteiger charge is -2.32. The molecule has 0 bridgehead atoms. The van der Waals surface area contributed by atoms with Crippen LogP contribution >= 0.6 is 0 Å². The van der Waals surface area contributed by atoms with E-state index in [1.165, 1.54) is 0 Å². The van der Waals surface area contributed by atoms with Crippen LogP contribution in [0.2, 0.25) is 0 Å². The number of nitrogens with zero attached hydrogens (tertiary/aromatic N) is 2. The van der Waals surface area contributed by atoms with Gasteiger partial charge in [-0.25, -0.2) is 5.01 Å². The van der Waals surface area contributed by atoms with Gasteiger partial charge in [0, 0.05) is 5.70 Å². The van der Waals surface area contributed by atoms with Crippen LogP contribution in [0.5, 0.6) is 5.75 Å². The third kappa shape index (κ3) is 4.64. The van der Waals surface area contributed by atoms with Gasteiger partial charge in [-0.05, 0) is 57.2 Å². The summed E-state index contributed by atoms with van der Waals surface area (Å²) in [6, 6.07) is 5.90. The van der Waals surface area contributed by atoms with Crippen LogP contribution in [0.3, 0.4) is 0 Å². The Balaban J connectivity index is 2.62. The van der Waals surface area contributed by atoms with E-state index in [-0.39, 0.29) is 11.8 Å². The summed E-state index contributed by atoms with van der Waals surface area (Å²) in [6.07, 6.45) is 2.67. The normalized spacial score (nSPS) is 17.0. The van der Waals surface area contributed by atoms with Crippen LogP contribution in [0, 0.1) is 12.8 Å². The fourth-order valence-electron chi connectivity index (χ4n) is 3.18. The van der Waals surface area contributed by atoms with Crippen LogP contribution in [-0.4, -0.2) is 23.4 Å². The van der Waals surface area contributed by atoms with E-state index >= 15 is 0 Å². The molecule has 1 N–H and O–H groups in total. The Morgan fingerprint density at radius 3 is 2.64 bits per heavy atom. The SMILES string of the molecule is C=C(CCC)N1N=C(c2cc(C)ccc2OCC)NC(=O)/C1=C(\C)C(C)CC. The molecule has 0 aromatic heterocycles. The lowest BCUT2D eigenvalue weighted by molar-refractivity contribution is -0.118. The van der Waals surface area contributed by atoms with Crippen molar-refractivity contribution in [3.8, 4) is 5.75 Å². The average Bonchev–Trinajstić information content (AvgIpc) is 2.67. The zero-order chi connectivity index (χ0) is 20.8. The molecular weight excluding hydrogens is 350 g/mol. The van der Waals surface area contributed by atoms with Crippen molar-refractivity contribution in [3.63, 3.8) is 0 Å². The van der Waals surface area contributed by atoms with Gasteiger partial charge in [-0.3, -0.25) is 4.79 Å². The van der Waals surface area contributed by atoms with Crippen molar-refractivity contribution >= 4 is 11.7 Å². The van der Waals surface area contributed by atoms with Crippen molar-refractivity contribution in [2.45, 2.75) is 60.8 Å². The molecule has 1 aromatic rings. The number of amidine groups is 1.